The highest BCUT2D eigenvalue weighted by Crippen LogP contribution is 2.43. The van der Waals surface area contributed by atoms with Crippen molar-refractivity contribution >= 4 is 0 Å². The molecular weight excluding hydrogens is 198 g/mol. The van der Waals surface area contributed by atoms with Crippen LogP contribution in [-0.2, 0) is 6.54 Å². The summed E-state index contributed by atoms with van der Waals surface area (Å²) in [7, 11) is 0. The third-order valence-corrected chi connectivity index (χ3v) is 3.76. The van der Waals surface area contributed by atoms with Gasteiger partial charge >= 0.3 is 0 Å². The van der Waals surface area contributed by atoms with Crippen LogP contribution in [0, 0.1) is 12.8 Å². The van der Waals surface area contributed by atoms with Gasteiger partial charge < -0.3 is 5.73 Å². The largest absolute Gasteiger partial charge is 0.323 e. The summed E-state index contributed by atoms with van der Waals surface area (Å²) < 4.78 is 0. The van der Waals surface area contributed by atoms with E-state index in [1.54, 1.807) is 0 Å². The third-order valence-electron chi connectivity index (χ3n) is 3.76. The van der Waals surface area contributed by atoms with Crippen molar-refractivity contribution < 1.29 is 0 Å². The van der Waals surface area contributed by atoms with Crippen LogP contribution in [0.5, 0.6) is 0 Å². The number of nitrogens with two attached hydrogens (primary N) is 1. The Morgan fingerprint density at radius 3 is 2.81 bits per heavy atom. The van der Waals surface area contributed by atoms with Gasteiger partial charge in [-0.05, 0) is 36.8 Å². The van der Waals surface area contributed by atoms with Gasteiger partial charge in [-0.1, -0.05) is 6.07 Å². The van der Waals surface area contributed by atoms with E-state index >= 15 is 0 Å². The Bertz CT molecular complexity index is 392. The fraction of sp³-hybridized carbons (Fsp3) is 0.615. The summed E-state index contributed by atoms with van der Waals surface area (Å²) in [5, 5.41) is 0. The van der Waals surface area contributed by atoms with Gasteiger partial charge in [-0.3, -0.25) is 9.88 Å². The van der Waals surface area contributed by atoms with Gasteiger partial charge in [0.15, 0.2) is 0 Å². The van der Waals surface area contributed by atoms with E-state index in [2.05, 4.69) is 22.9 Å². The molecule has 0 radical (unpaired) electrons. The molecule has 1 aliphatic heterocycles. The first kappa shape index (κ1) is 10.2. The highest BCUT2D eigenvalue weighted by atomic mass is 15.3. The first-order valence-corrected chi connectivity index (χ1v) is 6.07. The Hall–Kier alpha value is -0.930. The fourth-order valence-corrected chi connectivity index (χ4v) is 2.78. The zero-order valence-electron chi connectivity index (χ0n) is 9.82. The van der Waals surface area contributed by atoms with Crippen LogP contribution >= 0.6 is 0 Å². The smallest absolute Gasteiger partial charge is 0.0441 e. The van der Waals surface area contributed by atoms with Gasteiger partial charge in [0.1, 0.15) is 0 Å². The Morgan fingerprint density at radius 2 is 2.19 bits per heavy atom. The summed E-state index contributed by atoms with van der Waals surface area (Å²) in [6.07, 6.45) is 6.55. The maximum atomic E-state index is 6.32. The summed E-state index contributed by atoms with van der Waals surface area (Å²) in [6.45, 7) is 5.21. The molecule has 2 fully saturated rings. The van der Waals surface area contributed by atoms with Gasteiger partial charge in [0.05, 0.1) is 0 Å². The monoisotopic (exact) mass is 217 g/mol. The van der Waals surface area contributed by atoms with Crippen molar-refractivity contribution in [1.82, 2.24) is 9.88 Å². The summed E-state index contributed by atoms with van der Waals surface area (Å²) in [5.41, 5.74) is 9.00. The maximum Gasteiger partial charge on any atom is 0.0441 e. The van der Waals surface area contributed by atoms with Crippen molar-refractivity contribution in [2.24, 2.45) is 11.7 Å². The molecule has 0 unspecified atom stereocenters. The minimum Gasteiger partial charge on any atom is -0.323 e. The summed E-state index contributed by atoms with van der Waals surface area (Å²) >= 11 is 0. The molecule has 2 aliphatic rings. The number of hydrogen-bond acceptors (Lipinski definition) is 3. The lowest BCUT2D eigenvalue weighted by Gasteiger charge is -2.48. The molecule has 1 aliphatic carbocycles. The van der Waals surface area contributed by atoms with Crippen molar-refractivity contribution in [2.45, 2.75) is 31.8 Å². The molecule has 1 saturated heterocycles. The van der Waals surface area contributed by atoms with Crippen LogP contribution < -0.4 is 5.73 Å². The Balaban J connectivity index is 1.58. The molecule has 0 spiro atoms. The van der Waals surface area contributed by atoms with Crippen LogP contribution in [0.15, 0.2) is 18.5 Å². The Labute approximate surface area is 96.7 Å². The van der Waals surface area contributed by atoms with Crippen molar-refractivity contribution in [3.63, 3.8) is 0 Å². The van der Waals surface area contributed by atoms with Gasteiger partial charge in [0.25, 0.3) is 0 Å². The highest BCUT2D eigenvalue weighted by molar-refractivity contribution is 5.18. The lowest BCUT2D eigenvalue weighted by molar-refractivity contribution is 0.0477. The van der Waals surface area contributed by atoms with Gasteiger partial charge in [-0.25, -0.2) is 0 Å². The van der Waals surface area contributed by atoms with E-state index < -0.39 is 0 Å². The third kappa shape index (κ3) is 1.85. The van der Waals surface area contributed by atoms with Crippen molar-refractivity contribution in [3.05, 3.63) is 29.6 Å². The molecule has 0 amide bonds. The van der Waals surface area contributed by atoms with E-state index in [0.29, 0.717) is 0 Å². The predicted molar refractivity (Wildman–Crippen MR) is 63.9 cm³/mol. The number of rotatable bonds is 3. The van der Waals surface area contributed by atoms with Crippen LogP contribution in [0.4, 0.5) is 0 Å². The second-order valence-electron chi connectivity index (χ2n) is 5.52. The number of aromatic nitrogens is 1. The Kier molecular flexibility index (Phi) is 2.26. The Morgan fingerprint density at radius 1 is 1.44 bits per heavy atom. The van der Waals surface area contributed by atoms with Crippen molar-refractivity contribution in [3.8, 4) is 0 Å². The van der Waals surface area contributed by atoms with E-state index in [1.165, 1.54) is 24.0 Å². The molecule has 3 rings (SSSR count). The second-order valence-corrected chi connectivity index (χ2v) is 5.52. The van der Waals surface area contributed by atoms with Gasteiger partial charge in [0.2, 0.25) is 0 Å². The first-order chi connectivity index (χ1) is 7.66. The molecule has 3 nitrogen and oxygen atoms in total. The molecule has 86 valence electrons. The van der Waals surface area contributed by atoms with Crippen LogP contribution in [0.3, 0.4) is 0 Å². The predicted octanol–water partition coefficient (Wildman–Crippen LogP) is 1.31. The maximum absolute atomic E-state index is 6.32. The molecule has 3 heteroatoms. The molecule has 2 heterocycles. The molecule has 1 saturated carbocycles. The van der Waals surface area contributed by atoms with E-state index in [4.69, 9.17) is 5.73 Å². The van der Waals surface area contributed by atoms with E-state index in [0.717, 1.165) is 25.6 Å². The molecule has 0 bridgehead atoms. The molecule has 1 aromatic rings. The fourth-order valence-electron chi connectivity index (χ4n) is 2.78. The lowest BCUT2D eigenvalue weighted by atomic mass is 9.85. The molecule has 0 aromatic carbocycles. The van der Waals surface area contributed by atoms with Gasteiger partial charge in [0, 0.05) is 37.6 Å². The molecule has 0 atom stereocenters. The summed E-state index contributed by atoms with van der Waals surface area (Å²) in [6, 6.07) is 2.21. The number of hydrogen-bond donors (Lipinski definition) is 1. The number of aryl methyl sites for hydroxylation is 1. The SMILES string of the molecule is Cc1cncc(CN2CC(N)(C3CC3)C2)c1. The van der Waals surface area contributed by atoms with E-state index in [9.17, 15) is 0 Å². The summed E-state index contributed by atoms with van der Waals surface area (Å²) in [5.74, 6) is 0.805. The average molecular weight is 217 g/mol. The van der Waals surface area contributed by atoms with E-state index in [-0.39, 0.29) is 5.54 Å². The lowest BCUT2D eigenvalue weighted by Crippen LogP contribution is -2.68. The zero-order valence-corrected chi connectivity index (χ0v) is 9.82. The van der Waals surface area contributed by atoms with Crippen LogP contribution in [0.2, 0.25) is 0 Å². The van der Waals surface area contributed by atoms with Crippen LogP contribution in [0.1, 0.15) is 24.0 Å². The molecule has 16 heavy (non-hydrogen) atoms. The number of pyridine rings is 1. The zero-order chi connectivity index (χ0) is 11.2. The number of nitrogens with zero attached hydrogens (tertiary/aromatic N) is 2. The quantitative estimate of drug-likeness (QED) is 0.830. The van der Waals surface area contributed by atoms with Crippen LogP contribution in [0.25, 0.3) is 0 Å². The molecule has 2 N–H and O–H groups in total. The normalized spacial score (nSPS) is 24.1. The van der Waals surface area contributed by atoms with Gasteiger partial charge in [-0.2, -0.15) is 0 Å². The summed E-state index contributed by atoms with van der Waals surface area (Å²) in [4.78, 5) is 6.65. The van der Waals surface area contributed by atoms with Crippen molar-refractivity contribution in [2.75, 3.05) is 13.1 Å². The van der Waals surface area contributed by atoms with Gasteiger partial charge in [-0.15, -0.1) is 0 Å². The average Bonchev–Trinajstić information content (AvgIpc) is 2.98. The first-order valence-electron chi connectivity index (χ1n) is 6.07. The minimum absolute atomic E-state index is 0.136. The molecule has 1 aromatic heterocycles. The second kappa shape index (κ2) is 3.54. The standard InChI is InChI=1S/C13H19N3/c1-10-4-11(6-15-5-10)7-16-8-13(14,9-16)12-2-3-12/h4-6,12H,2-3,7-9,14H2,1H3. The van der Waals surface area contributed by atoms with Crippen LogP contribution in [-0.4, -0.2) is 28.5 Å². The minimum atomic E-state index is 0.136. The number of likely N-dealkylation sites (tertiary alicyclic amines) is 1. The highest BCUT2D eigenvalue weighted by Gasteiger charge is 2.49. The van der Waals surface area contributed by atoms with Crippen molar-refractivity contribution in [1.29, 1.82) is 0 Å². The topological polar surface area (TPSA) is 42.2 Å². The van der Waals surface area contributed by atoms with E-state index in [1.807, 2.05) is 12.4 Å². The molecular formula is C13H19N3.